The number of carbonyl (C=O) groups excluding carboxylic acids is 1. The Balaban J connectivity index is 2.10. The van der Waals surface area contributed by atoms with Crippen molar-refractivity contribution in [2.75, 3.05) is 6.54 Å². The molecule has 1 aliphatic rings. The molecule has 7 heteroatoms. The Labute approximate surface area is 139 Å². The molecule has 1 atom stereocenters. The van der Waals surface area contributed by atoms with Crippen molar-refractivity contribution in [1.29, 1.82) is 0 Å². The lowest BCUT2D eigenvalue weighted by atomic mass is 10.1. The molecule has 2 heterocycles. The first-order valence-corrected chi connectivity index (χ1v) is 7.84. The van der Waals surface area contributed by atoms with E-state index in [4.69, 9.17) is 23.1 Å². The molecule has 1 aromatic carbocycles. The summed E-state index contributed by atoms with van der Waals surface area (Å²) in [6.45, 7) is 2.85. The van der Waals surface area contributed by atoms with Crippen LogP contribution in [0, 0.1) is 0 Å². The maximum Gasteiger partial charge on any atom is 0.254 e. The molecular weight excluding hydrogens is 314 g/mol. The number of nitrogens with two attached hydrogens (primary N) is 2. The number of hydrogen-bond acceptors (Lipinski definition) is 3. The van der Waals surface area contributed by atoms with E-state index in [2.05, 4.69) is 16.9 Å². The maximum atomic E-state index is 12.7. The lowest BCUT2D eigenvalue weighted by Crippen LogP contribution is -2.33. The van der Waals surface area contributed by atoms with Gasteiger partial charge in [0.1, 0.15) is 0 Å². The molecule has 1 unspecified atom stereocenters. The van der Waals surface area contributed by atoms with Gasteiger partial charge in [-0.15, -0.1) is 0 Å². The van der Waals surface area contributed by atoms with Gasteiger partial charge in [0.05, 0.1) is 5.02 Å². The predicted molar refractivity (Wildman–Crippen MR) is 92.0 cm³/mol. The summed E-state index contributed by atoms with van der Waals surface area (Å²) in [7, 11) is 0. The molecule has 4 N–H and O–H groups in total. The van der Waals surface area contributed by atoms with Crippen LogP contribution in [-0.2, 0) is 0 Å². The van der Waals surface area contributed by atoms with Gasteiger partial charge in [-0.2, -0.15) is 4.99 Å². The van der Waals surface area contributed by atoms with E-state index in [0.29, 0.717) is 21.8 Å². The molecule has 6 nitrogen and oxygen atoms in total. The molecule has 0 bridgehead atoms. The van der Waals surface area contributed by atoms with Crippen LogP contribution in [0.4, 0.5) is 5.82 Å². The number of aliphatic imine (C=N–C) groups is 1. The van der Waals surface area contributed by atoms with Gasteiger partial charge in [-0.1, -0.05) is 17.7 Å². The van der Waals surface area contributed by atoms with Crippen LogP contribution < -0.4 is 11.5 Å². The largest absolute Gasteiger partial charge is 0.370 e. The van der Waals surface area contributed by atoms with Crippen LogP contribution >= 0.6 is 11.6 Å². The van der Waals surface area contributed by atoms with Gasteiger partial charge in [0.15, 0.2) is 11.8 Å². The van der Waals surface area contributed by atoms with Crippen molar-refractivity contribution in [3.63, 3.8) is 0 Å². The highest BCUT2D eigenvalue weighted by atomic mass is 35.5. The molecule has 1 fully saturated rings. The fourth-order valence-corrected chi connectivity index (χ4v) is 3.15. The SMILES string of the molecule is CC1CCCN1C(=O)c1ccc2c(Cl)cnc(N=C(N)N)c2c1. The van der Waals surface area contributed by atoms with E-state index in [1.165, 1.54) is 6.20 Å². The summed E-state index contributed by atoms with van der Waals surface area (Å²) < 4.78 is 0. The Bertz CT molecular complexity index is 800. The van der Waals surface area contributed by atoms with Crippen LogP contribution in [0.3, 0.4) is 0 Å². The first-order chi connectivity index (χ1) is 11.0. The normalized spacial score (nSPS) is 17.5. The fourth-order valence-electron chi connectivity index (χ4n) is 2.94. The molecule has 0 spiro atoms. The first-order valence-electron chi connectivity index (χ1n) is 7.46. The molecule has 1 amide bonds. The number of aromatic nitrogens is 1. The number of hydrogen-bond donors (Lipinski definition) is 2. The Morgan fingerprint density at radius 1 is 1.39 bits per heavy atom. The van der Waals surface area contributed by atoms with E-state index >= 15 is 0 Å². The smallest absolute Gasteiger partial charge is 0.254 e. The number of guanidine groups is 1. The van der Waals surface area contributed by atoms with Crippen LogP contribution in [-0.4, -0.2) is 34.3 Å². The zero-order chi connectivity index (χ0) is 16.6. The summed E-state index contributed by atoms with van der Waals surface area (Å²) in [6.07, 6.45) is 3.56. The predicted octanol–water partition coefficient (Wildman–Crippen LogP) is 2.42. The average molecular weight is 332 g/mol. The van der Waals surface area contributed by atoms with Crippen molar-refractivity contribution < 1.29 is 4.79 Å². The Morgan fingerprint density at radius 2 is 2.17 bits per heavy atom. The van der Waals surface area contributed by atoms with E-state index in [9.17, 15) is 4.79 Å². The van der Waals surface area contributed by atoms with E-state index in [1.54, 1.807) is 18.2 Å². The standard InChI is InChI=1S/C16H18ClN5O/c1-9-3-2-6-22(9)15(23)10-4-5-11-12(7-10)14(21-16(18)19)20-8-13(11)17/h4-5,7-9H,2-3,6H2,1H3,(H4,18,19,20,21). The molecule has 1 aliphatic heterocycles. The second-order valence-corrected chi connectivity index (χ2v) is 6.12. The number of amides is 1. The second-order valence-electron chi connectivity index (χ2n) is 5.72. The molecule has 1 aromatic heterocycles. The molecular formula is C16H18ClN5O. The van der Waals surface area contributed by atoms with E-state index in [0.717, 1.165) is 24.8 Å². The topological polar surface area (TPSA) is 97.6 Å². The molecule has 3 rings (SSSR count). The number of halogens is 1. The summed E-state index contributed by atoms with van der Waals surface area (Å²) in [4.78, 5) is 22.8. The van der Waals surface area contributed by atoms with Crippen molar-refractivity contribution in [3.8, 4) is 0 Å². The van der Waals surface area contributed by atoms with Crippen molar-refractivity contribution in [2.24, 2.45) is 16.5 Å². The lowest BCUT2D eigenvalue weighted by Gasteiger charge is -2.21. The van der Waals surface area contributed by atoms with Gasteiger partial charge in [-0.3, -0.25) is 4.79 Å². The van der Waals surface area contributed by atoms with Gasteiger partial charge in [0, 0.05) is 35.1 Å². The third-order valence-corrected chi connectivity index (χ3v) is 4.41. The minimum Gasteiger partial charge on any atom is -0.370 e. The number of fused-ring (bicyclic) bond motifs is 1. The van der Waals surface area contributed by atoms with Gasteiger partial charge in [-0.25, -0.2) is 4.98 Å². The lowest BCUT2D eigenvalue weighted by molar-refractivity contribution is 0.0747. The molecule has 1 saturated heterocycles. The Morgan fingerprint density at radius 3 is 2.83 bits per heavy atom. The number of pyridine rings is 1. The van der Waals surface area contributed by atoms with Crippen molar-refractivity contribution in [3.05, 3.63) is 35.0 Å². The summed E-state index contributed by atoms with van der Waals surface area (Å²) in [5.41, 5.74) is 11.5. The number of nitrogens with zero attached hydrogens (tertiary/aromatic N) is 3. The van der Waals surface area contributed by atoms with Crippen molar-refractivity contribution >= 4 is 40.1 Å². The molecule has 0 radical (unpaired) electrons. The molecule has 23 heavy (non-hydrogen) atoms. The Kier molecular flexibility index (Phi) is 4.09. The van der Waals surface area contributed by atoms with E-state index in [-0.39, 0.29) is 17.9 Å². The summed E-state index contributed by atoms with van der Waals surface area (Å²) in [5.74, 6) is 0.270. The number of rotatable bonds is 2. The van der Waals surface area contributed by atoms with Gasteiger partial charge in [0.2, 0.25) is 0 Å². The van der Waals surface area contributed by atoms with Crippen LogP contribution in [0.5, 0.6) is 0 Å². The molecule has 0 saturated carbocycles. The maximum absolute atomic E-state index is 12.7. The number of carbonyl (C=O) groups is 1. The minimum absolute atomic E-state index is 0.00697. The third-order valence-electron chi connectivity index (χ3n) is 4.11. The van der Waals surface area contributed by atoms with Crippen LogP contribution in [0.25, 0.3) is 10.8 Å². The van der Waals surface area contributed by atoms with E-state index < -0.39 is 0 Å². The van der Waals surface area contributed by atoms with Gasteiger partial charge in [-0.05, 0) is 31.9 Å². The highest BCUT2D eigenvalue weighted by Gasteiger charge is 2.26. The quantitative estimate of drug-likeness (QED) is 0.652. The monoisotopic (exact) mass is 331 g/mol. The summed E-state index contributed by atoms with van der Waals surface area (Å²) in [6, 6.07) is 5.59. The highest BCUT2D eigenvalue weighted by Crippen LogP contribution is 2.31. The van der Waals surface area contributed by atoms with Crippen LogP contribution in [0.1, 0.15) is 30.1 Å². The van der Waals surface area contributed by atoms with Gasteiger partial charge < -0.3 is 16.4 Å². The van der Waals surface area contributed by atoms with E-state index in [1.807, 2.05) is 4.90 Å². The Hall–Kier alpha value is -2.34. The molecule has 0 aliphatic carbocycles. The number of benzene rings is 1. The fraction of sp³-hybridized carbons (Fsp3) is 0.312. The summed E-state index contributed by atoms with van der Waals surface area (Å²) in [5, 5.41) is 1.90. The third kappa shape index (κ3) is 2.94. The minimum atomic E-state index is -0.0917. The zero-order valence-corrected chi connectivity index (χ0v) is 13.5. The van der Waals surface area contributed by atoms with Gasteiger partial charge >= 0.3 is 0 Å². The molecule has 120 valence electrons. The first kappa shape index (κ1) is 15.6. The summed E-state index contributed by atoms with van der Waals surface area (Å²) >= 11 is 6.18. The highest BCUT2D eigenvalue weighted by molar-refractivity contribution is 6.35. The average Bonchev–Trinajstić information content (AvgIpc) is 2.95. The zero-order valence-electron chi connectivity index (χ0n) is 12.8. The van der Waals surface area contributed by atoms with Gasteiger partial charge in [0.25, 0.3) is 5.91 Å². The van der Waals surface area contributed by atoms with Crippen molar-refractivity contribution in [2.45, 2.75) is 25.8 Å². The molecule has 2 aromatic rings. The van der Waals surface area contributed by atoms with Crippen molar-refractivity contribution in [1.82, 2.24) is 9.88 Å². The van der Waals surface area contributed by atoms with Crippen LogP contribution in [0.2, 0.25) is 5.02 Å². The second kappa shape index (κ2) is 6.04. The number of likely N-dealkylation sites (tertiary alicyclic amines) is 1. The van der Waals surface area contributed by atoms with Crippen LogP contribution in [0.15, 0.2) is 29.4 Å².